The zero-order valence-electron chi connectivity index (χ0n) is 17.4. The summed E-state index contributed by atoms with van der Waals surface area (Å²) in [5, 5.41) is 8.62. The fourth-order valence-electron chi connectivity index (χ4n) is 3.54. The molecule has 1 atom stereocenters. The maximum atomic E-state index is 13.2. The minimum Gasteiger partial charge on any atom is -0.496 e. The summed E-state index contributed by atoms with van der Waals surface area (Å²) in [4.78, 5) is 13.2. The van der Waals surface area contributed by atoms with Crippen LogP contribution in [0.1, 0.15) is 29.8 Å². The number of anilines is 1. The lowest BCUT2D eigenvalue weighted by Crippen LogP contribution is -2.27. The van der Waals surface area contributed by atoms with Crippen LogP contribution in [0.15, 0.2) is 51.8 Å². The highest BCUT2D eigenvalue weighted by atomic mass is 19.4. The Morgan fingerprint density at radius 1 is 1.16 bits per heavy atom. The largest absolute Gasteiger partial charge is 0.496 e. The molecule has 0 spiro atoms. The Kier molecular flexibility index (Phi) is 5.15. The van der Waals surface area contributed by atoms with Gasteiger partial charge in [-0.25, -0.2) is 4.68 Å². The molecule has 0 saturated heterocycles. The van der Waals surface area contributed by atoms with Crippen LogP contribution in [0.5, 0.6) is 5.75 Å². The van der Waals surface area contributed by atoms with Crippen molar-refractivity contribution in [2.75, 3.05) is 12.8 Å². The van der Waals surface area contributed by atoms with Crippen LogP contribution in [-0.2, 0) is 6.18 Å². The van der Waals surface area contributed by atoms with Crippen LogP contribution in [-0.4, -0.2) is 22.0 Å². The number of alkyl halides is 3. The molecule has 10 heteroatoms. The number of hydrogen-bond donors (Lipinski definition) is 1. The standard InChI is InChI=1S/C22H19F3N4O3/c1-11-18-20(32-28-11)19(16-10-15(26)8-9-17(16)31-3)27-29(21(18)30)12(2)13-4-6-14(7-5-13)22(23,24)25/h4-10,12H,26H2,1-3H3/t12-/m1/s1. The summed E-state index contributed by atoms with van der Waals surface area (Å²) in [5.74, 6) is 0.453. The number of methoxy groups -OCH3 is 1. The predicted octanol–water partition coefficient (Wildman–Crippen LogP) is 4.58. The first kappa shape index (κ1) is 21.4. The molecule has 2 aromatic carbocycles. The van der Waals surface area contributed by atoms with Gasteiger partial charge in [0.15, 0.2) is 0 Å². The number of aryl methyl sites for hydroxylation is 1. The van der Waals surface area contributed by atoms with Crippen molar-refractivity contribution >= 4 is 16.7 Å². The van der Waals surface area contributed by atoms with Gasteiger partial charge >= 0.3 is 6.18 Å². The van der Waals surface area contributed by atoms with Gasteiger partial charge in [-0.15, -0.1) is 0 Å². The number of ether oxygens (including phenoxy) is 1. The molecule has 0 amide bonds. The number of aromatic nitrogens is 3. The lowest BCUT2D eigenvalue weighted by molar-refractivity contribution is -0.137. The highest BCUT2D eigenvalue weighted by Gasteiger charge is 2.30. The summed E-state index contributed by atoms with van der Waals surface area (Å²) in [6, 6.07) is 8.89. The molecule has 4 rings (SSSR count). The van der Waals surface area contributed by atoms with Crippen LogP contribution in [0.2, 0.25) is 0 Å². The van der Waals surface area contributed by atoms with Gasteiger partial charge < -0.3 is 15.0 Å². The van der Waals surface area contributed by atoms with Crippen molar-refractivity contribution in [3.63, 3.8) is 0 Å². The normalized spacial score (nSPS) is 12.8. The Morgan fingerprint density at radius 3 is 2.47 bits per heavy atom. The average Bonchev–Trinajstić information content (AvgIpc) is 3.15. The first-order valence-corrected chi connectivity index (χ1v) is 9.61. The van der Waals surface area contributed by atoms with Crippen molar-refractivity contribution in [3.05, 3.63) is 69.6 Å². The van der Waals surface area contributed by atoms with Crippen molar-refractivity contribution in [2.45, 2.75) is 26.1 Å². The van der Waals surface area contributed by atoms with Gasteiger partial charge in [0, 0.05) is 5.69 Å². The predicted molar refractivity (Wildman–Crippen MR) is 112 cm³/mol. The molecule has 166 valence electrons. The number of nitrogen functional groups attached to an aromatic ring is 1. The molecule has 2 heterocycles. The Hall–Kier alpha value is -3.82. The van der Waals surface area contributed by atoms with Crippen molar-refractivity contribution in [2.24, 2.45) is 0 Å². The summed E-state index contributed by atoms with van der Waals surface area (Å²) >= 11 is 0. The van der Waals surface area contributed by atoms with E-state index >= 15 is 0 Å². The molecule has 0 aliphatic carbocycles. The van der Waals surface area contributed by atoms with Crippen LogP contribution >= 0.6 is 0 Å². The van der Waals surface area contributed by atoms with Crippen molar-refractivity contribution in [3.8, 4) is 17.0 Å². The van der Waals surface area contributed by atoms with E-state index in [0.29, 0.717) is 28.3 Å². The second-order valence-electron chi connectivity index (χ2n) is 7.33. The van der Waals surface area contributed by atoms with Crippen LogP contribution in [0, 0.1) is 6.92 Å². The molecule has 2 aromatic heterocycles. The molecule has 0 fully saturated rings. The summed E-state index contributed by atoms with van der Waals surface area (Å²) in [6.07, 6.45) is -4.45. The quantitative estimate of drug-likeness (QED) is 0.463. The smallest absolute Gasteiger partial charge is 0.416 e. The zero-order valence-corrected chi connectivity index (χ0v) is 17.4. The molecular formula is C22H19F3N4O3. The minimum atomic E-state index is -4.45. The lowest BCUT2D eigenvalue weighted by Gasteiger charge is -2.17. The van der Waals surface area contributed by atoms with Gasteiger partial charge in [0.25, 0.3) is 5.56 Å². The van der Waals surface area contributed by atoms with Crippen LogP contribution in [0.4, 0.5) is 18.9 Å². The maximum Gasteiger partial charge on any atom is 0.416 e. The van der Waals surface area contributed by atoms with Gasteiger partial charge in [0.2, 0.25) is 5.58 Å². The van der Waals surface area contributed by atoms with E-state index in [9.17, 15) is 18.0 Å². The number of nitrogens with zero attached hydrogens (tertiary/aromatic N) is 3. The number of nitrogens with two attached hydrogens (primary N) is 1. The Balaban J connectivity index is 1.93. The lowest BCUT2D eigenvalue weighted by atomic mass is 10.0. The van der Waals surface area contributed by atoms with E-state index in [2.05, 4.69) is 10.3 Å². The van der Waals surface area contributed by atoms with Crippen LogP contribution in [0.3, 0.4) is 0 Å². The summed E-state index contributed by atoms with van der Waals surface area (Å²) in [7, 11) is 1.48. The fourth-order valence-corrected chi connectivity index (χ4v) is 3.54. The van der Waals surface area contributed by atoms with Gasteiger partial charge in [-0.05, 0) is 49.7 Å². The van der Waals surface area contributed by atoms with Crippen molar-refractivity contribution < 1.29 is 22.4 Å². The molecular weight excluding hydrogens is 425 g/mol. The third-order valence-electron chi connectivity index (χ3n) is 5.27. The molecule has 0 unspecified atom stereocenters. The number of fused-ring (bicyclic) bond motifs is 1. The van der Waals surface area contributed by atoms with Crippen LogP contribution in [0.25, 0.3) is 22.2 Å². The summed E-state index contributed by atoms with van der Waals surface area (Å²) in [5.41, 5.74) is 6.93. The van der Waals surface area contributed by atoms with Gasteiger partial charge in [0.05, 0.1) is 30.0 Å². The third-order valence-corrected chi connectivity index (χ3v) is 5.27. The van der Waals surface area contributed by atoms with E-state index in [4.69, 9.17) is 15.0 Å². The molecule has 0 radical (unpaired) electrons. The van der Waals surface area contributed by atoms with E-state index in [-0.39, 0.29) is 16.7 Å². The van der Waals surface area contributed by atoms with E-state index in [1.54, 1.807) is 32.0 Å². The first-order chi connectivity index (χ1) is 15.1. The Morgan fingerprint density at radius 2 is 1.84 bits per heavy atom. The molecule has 7 nitrogen and oxygen atoms in total. The van der Waals surface area contributed by atoms with E-state index in [1.807, 2.05) is 0 Å². The minimum absolute atomic E-state index is 0.173. The molecule has 4 aromatic rings. The molecule has 32 heavy (non-hydrogen) atoms. The van der Waals surface area contributed by atoms with Crippen molar-refractivity contribution in [1.29, 1.82) is 0 Å². The van der Waals surface area contributed by atoms with E-state index in [1.165, 1.54) is 23.9 Å². The number of rotatable bonds is 4. The molecule has 0 aliphatic heterocycles. The number of benzene rings is 2. The zero-order chi connectivity index (χ0) is 23.2. The van der Waals surface area contributed by atoms with Crippen molar-refractivity contribution in [1.82, 2.24) is 14.9 Å². The number of halogens is 3. The highest BCUT2D eigenvalue weighted by Crippen LogP contribution is 2.35. The molecule has 0 saturated carbocycles. The highest BCUT2D eigenvalue weighted by molar-refractivity contribution is 5.92. The SMILES string of the molecule is COc1ccc(N)cc1-c1nn([C@H](C)c2ccc(C(F)(F)F)cc2)c(=O)c2c(C)noc12. The van der Waals surface area contributed by atoms with Gasteiger partial charge in [-0.2, -0.15) is 18.3 Å². The monoisotopic (exact) mass is 444 g/mol. The van der Waals surface area contributed by atoms with Gasteiger partial charge in [-0.1, -0.05) is 17.3 Å². The Labute approximate surface area is 180 Å². The fraction of sp³-hybridized carbons (Fsp3) is 0.227. The Bertz CT molecular complexity index is 1360. The van der Waals surface area contributed by atoms with Gasteiger partial charge in [0.1, 0.15) is 16.8 Å². The second-order valence-corrected chi connectivity index (χ2v) is 7.33. The van der Waals surface area contributed by atoms with Crippen LogP contribution < -0.4 is 16.0 Å². The van der Waals surface area contributed by atoms with Gasteiger partial charge in [-0.3, -0.25) is 4.79 Å². The first-order valence-electron chi connectivity index (χ1n) is 9.61. The summed E-state index contributed by atoms with van der Waals surface area (Å²) < 4.78 is 50.8. The molecule has 0 aliphatic rings. The average molecular weight is 444 g/mol. The van der Waals surface area contributed by atoms with E-state index < -0.39 is 23.3 Å². The molecule has 2 N–H and O–H groups in total. The maximum absolute atomic E-state index is 13.2. The topological polar surface area (TPSA) is 96.2 Å². The summed E-state index contributed by atoms with van der Waals surface area (Å²) in [6.45, 7) is 3.30. The van der Waals surface area contributed by atoms with E-state index in [0.717, 1.165) is 12.1 Å². The second kappa shape index (κ2) is 7.70. The third kappa shape index (κ3) is 3.57. The number of hydrogen-bond acceptors (Lipinski definition) is 6. The molecule has 0 bridgehead atoms.